The lowest BCUT2D eigenvalue weighted by molar-refractivity contribution is 0.226. The van der Waals surface area contributed by atoms with E-state index < -0.39 is 0 Å². The number of benzene rings is 1. The Morgan fingerprint density at radius 3 is 2.94 bits per heavy atom. The topological polar surface area (TPSA) is 43.8 Å². The van der Waals surface area contributed by atoms with Crippen LogP contribution in [0.3, 0.4) is 0 Å². The van der Waals surface area contributed by atoms with Crippen molar-refractivity contribution >= 4 is 16.7 Å². The molecule has 0 saturated heterocycles. The first kappa shape index (κ1) is 9.70. The third kappa shape index (κ3) is 1.39. The number of hydrogen-bond acceptors (Lipinski definition) is 2. The standard InChI is InChI=1S/C13H17N3/c1-9(10-3-2-4-10)16-8-15-12-7-11(14)5-6-13(12)16/h5-10H,2-4,14H2,1H3. The van der Waals surface area contributed by atoms with Crippen LogP contribution in [0.2, 0.25) is 0 Å². The summed E-state index contributed by atoms with van der Waals surface area (Å²) in [4.78, 5) is 4.42. The summed E-state index contributed by atoms with van der Waals surface area (Å²) < 4.78 is 2.29. The molecule has 0 aliphatic heterocycles. The normalized spacial score (nSPS) is 18.6. The number of nitrogen functional groups attached to an aromatic ring is 1. The van der Waals surface area contributed by atoms with Crippen LogP contribution in [0, 0.1) is 5.92 Å². The molecule has 1 saturated carbocycles. The molecule has 0 bridgehead atoms. The smallest absolute Gasteiger partial charge is 0.0960 e. The predicted octanol–water partition coefficient (Wildman–Crippen LogP) is 2.98. The minimum atomic E-state index is 0.558. The molecule has 3 heteroatoms. The van der Waals surface area contributed by atoms with Gasteiger partial charge in [0.25, 0.3) is 0 Å². The van der Waals surface area contributed by atoms with Crippen LogP contribution in [0.25, 0.3) is 11.0 Å². The Morgan fingerprint density at radius 1 is 1.44 bits per heavy atom. The maximum atomic E-state index is 5.76. The van der Waals surface area contributed by atoms with Gasteiger partial charge in [-0.3, -0.25) is 0 Å². The molecule has 1 aliphatic rings. The molecule has 1 unspecified atom stereocenters. The maximum absolute atomic E-state index is 5.76. The van der Waals surface area contributed by atoms with Crippen LogP contribution in [-0.2, 0) is 0 Å². The number of nitrogens with two attached hydrogens (primary N) is 1. The number of imidazole rings is 1. The van der Waals surface area contributed by atoms with Crippen molar-refractivity contribution in [3.05, 3.63) is 24.5 Å². The van der Waals surface area contributed by atoms with E-state index in [2.05, 4.69) is 22.5 Å². The monoisotopic (exact) mass is 215 g/mol. The van der Waals surface area contributed by atoms with Crippen molar-refractivity contribution in [1.82, 2.24) is 9.55 Å². The van der Waals surface area contributed by atoms with E-state index in [1.54, 1.807) is 0 Å². The maximum Gasteiger partial charge on any atom is 0.0960 e. The van der Waals surface area contributed by atoms with Crippen molar-refractivity contribution in [2.24, 2.45) is 5.92 Å². The fourth-order valence-electron chi connectivity index (χ4n) is 2.52. The van der Waals surface area contributed by atoms with Crippen LogP contribution in [0.15, 0.2) is 24.5 Å². The molecular formula is C13H17N3. The second kappa shape index (κ2) is 3.51. The van der Waals surface area contributed by atoms with Gasteiger partial charge in [0.15, 0.2) is 0 Å². The zero-order chi connectivity index (χ0) is 11.1. The van der Waals surface area contributed by atoms with E-state index in [0.717, 1.165) is 17.1 Å². The quantitative estimate of drug-likeness (QED) is 0.783. The Hall–Kier alpha value is -1.51. The molecule has 0 radical (unpaired) electrons. The molecule has 1 aromatic heterocycles. The van der Waals surface area contributed by atoms with Crippen LogP contribution in [0.5, 0.6) is 0 Å². The summed E-state index contributed by atoms with van der Waals surface area (Å²) in [6.45, 7) is 2.29. The average Bonchev–Trinajstić information content (AvgIpc) is 2.57. The van der Waals surface area contributed by atoms with E-state index >= 15 is 0 Å². The van der Waals surface area contributed by atoms with Crippen molar-refractivity contribution in [2.75, 3.05) is 5.73 Å². The summed E-state index contributed by atoms with van der Waals surface area (Å²) in [5, 5.41) is 0. The van der Waals surface area contributed by atoms with E-state index in [4.69, 9.17) is 5.73 Å². The van der Waals surface area contributed by atoms with Crippen molar-refractivity contribution in [2.45, 2.75) is 32.2 Å². The molecule has 3 nitrogen and oxygen atoms in total. The number of fused-ring (bicyclic) bond motifs is 1. The fourth-order valence-corrected chi connectivity index (χ4v) is 2.52. The number of anilines is 1. The molecule has 2 N–H and O–H groups in total. The third-order valence-corrected chi connectivity index (χ3v) is 3.87. The number of hydrogen-bond donors (Lipinski definition) is 1. The van der Waals surface area contributed by atoms with E-state index in [0.29, 0.717) is 6.04 Å². The van der Waals surface area contributed by atoms with Gasteiger partial charge in [0.05, 0.1) is 17.4 Å². The number of rotatable bonds is 2. The second-order valence-electron chi connectivity index (χ2n) is 4.83. The van der Waals surface area contributed by atoms with Crippen LogP contribution < -0.4 is 5.73 Å². The van der Waals surface area contributed by atoms with Gasteiger partial charge in [-0.1, -0.05) is 6.42 Å². The van der Waals surface area contributed by atoms with Gasteiger partial charge in [-0.25, -0.2) is 4.98 Å². The Bertz CT molecular complexity index is 511. The van der Waals surface area contributed by atoms with E-state index in [-0.39, 0.29) is 0 Å². The first-order valence-electron chi connectivity index (χ1n) is 5.98. The molecule has 1 aromatic carbocycles. The highest BCUT2D eigenvalue weighted by atomic mass is 15.1. The van der Waals surface area contributed by atoms with Gasteiger partial charge in [-0.15, -0.1) is 0 Å². The van der Waals surface area contributed by atoms with Crippen LogP contribution in [0.1, 0.15) is 32.2 Å². The second-order valence-corrected chi connectivity index (χ2v) is 4.83. The van der Waals surface area contributed by atoms with Crippen LogP contribution in [0.4, 0.5) is 5.69 Å². The molecular weight excluding hydrogens is 198 g/mol. The van der Waals surface area contributed by atoms with E-state index in [1.807, 2.05) is 18.5 Å². The molecule has 84 valence electrons. The van der Waals surface area contributed by atoms with E-state index in [9.17, 15) is 0 Å². The summed E-state index contributed by atoms with van der Waals surface area (Å²) >= 11 is 0. The highest BCUT2D eigenvalue weighted by Gasteiger charge is 2.25. The summed E-state index contributed by atoms with van der Waals surface area (Å²) in [6, 6.07) is 6.53. The lowest BCUT2D eigenvalue weighted by Gasteiger charge is -2.32. The van der Waals surface area contributed by atoms with Crippen molar-refractivity contribution < 1.29 is 0 Å². The largest absolute Gasteiger partial charge is 0.399 e. The molecule has 1 aliphatic carbocycles. The minimum Gasteiger partial charge on any atom is -0.399 e. The van der Waals surface area contributed by atoms with Crippen LogP contribution >= 0.6 is 0 Å². The van der Waals surface area contributed by atoms with Crippen molar-refractivity contribution in [3.63, 3.8) is 0 Å². The summed E-state index contributed by atoms with van der Waals surface area (Å²) in [6.07, 6.45) is 6.05. The summed E-state index contributed by atoms with van der Waals surface area (Å²) in [5.41, 5.74) is 8.75. The van der Waals surface area contributed by atoms with Crippen molar-refractivity contribution in [1.29, 1.82) is 0 Å². The first-order valence-corrected chi connectivity index (χ1v) is 5.98. The Morgan fingerprint density at radius 2 is 2.25 bits per heavy atom. The summed E-state index contributed by atoms with van der Waals surface area (Å²) in [7, 11) is 0. The van der Waals surface area contributed by atoms with Gasteiger partial charge >= 0.3 is 0 Å². The number of nitrogens with zero attached hydrogens (tertiary/aromatic N) is 2. The highest BCUT2D eigenvalue weighted by molar-refractivity contribution is 5.79. The first-order chi connectivity index (χ1) is 7.75. The lowest BCUT2D eigenvalue weighted by Crippen LogP contribution is -2.22. The van der Waals surface area contributed by atoms with Gasteiger partial charge in [0.2, 0.25) is 0 Å². The summed E-state index contributed by atoms with van der Waals surface area (Å²) in [5.74, 6) is 0.829. The third-order valence-electron chi connectivity index (χ3n) is 3.87. The van der Waals surface area contributed by atoms with Gasteiger partial charge in [-0.05, 0) is 43.9 Å². The van der Waals surface area contributed by atoms with Gasteiger partial charge < -0.3 is 10.3 Å². The molecule has 0 spiro atoms. The zero-order valence-corrected chi connectivity index (χ0v) is 9.56. The Kier molecular flexibility index (Phi) is 2.13. The van der Waals surface area contributed by atoms with E-state index in [1.165, 1.54) is 24.8 Å². The van der Waals surface area contributed by atoms with Gasteiger partial charge in [0, 0.05) is 11.7 Å². The minimum absolute atomic E-state index is 0.558. The molecule has 1 heterocycles. The molecule has 3 rings (SSSR count). The van der Waals surface area contributed by atoms with Gasteiger partial charge in [-0.2, -0.15) is 0 Å². The molecule has 1 atom stereocenters. The molecule has 16 heavy (non-hydrogen) atoms. The number of aromatic nitrogens is 2. The van der Waals surface area contributed by atoms with Gasteiger partial charge in [0.1, 0.15) is 0 Å². The molecule has 0 amide bonds. The lowest BCUT2D eigenvalue weighted by atomic mass is 9.80. The fraction of sp³-hybridized carbons (Fsp3) is 0.462. The average molecular weight is 215 g/mol. The predicted molar refractivity (Wildman–Crippen MR) is 66.2 cm³/mol. The highest BCUT2D eigenvalue weighted by Crippen LogP contribution is 2.37. The SMILES string of the molecule is CC(C1CCC1)n1cnc2cc(N)ccc21. The Labute approximate surface area is 95.3 Å². The Balaban J connectivity index is 2.03. The van der Waals surface area contributed by atoms with Crippen molar-refractivity contribution in [3.8, 4) is 0 Å². The zero-order valence-electron chi connectivity index (χ0n) is 9.56. The molecule has 2 aromatic rings. The van der Waals surface area contributed by atoms with Crippen LogP contribution in [-0.4, -0.2) is 9.55 Å². The molecule has 1 fully saturated rings.